The highest BCUT2D eigenvalue weighted by Crippen LogP contribution is 2.36. The molecule has 1 N–H and O–H groups in total. The Morgan fingerprint density at radius 3 is 2.40 bits per heavy atom. The van der Waals surface area contributed by atoms with Gasteiger partial charge in [-0.15, -0.1) is 0 Å². The number of hydrogen-bond acceptors (Lipinski definition) is 5. The van der Waals surface area contributed by atoms with Crippen LogP contribution in [0.4, 0.5) is 10.5 Å². The molecule has 0 radical (unpaired) electrons. The Bertz CT molecular complexity index is 630. The van der Waals surface area contributed by atoms with E-state index >= 15 is 0 Å². The molecule has 25 heavy (non-hydrogen) atoms. The summed E-state index contributed by atoms with van der Waals surface area (Å²) in [6, 6.07) is 3.23. The zero-order valence-corrected chi connectivity index (χ0v) is 15.4. The van der Waals surface area contributed by atoms with Crippen molar-refractivity contribution in [3.05, 3.63) is 17.2 Å². The minimum atomic E-state index is -0.328. The quantitative estimate of drug-likeness (QED) is 0.861. The van der Waals surface area contributed by atoms with Crippen molar-refractivity contribution in [2.45, 2.75) is 19.8 Å². The fraction of sp³-hybridized carbons (Fsp3) is 0.529. The fourth-order valence-corrected chi connectivity index (χ4v) is 2.96. The predicted octanol–water partition coefficient (Wildman–Crippen LogP) is 3.16. The molecule has 1 aromatic carbocycles. The number of amides is 2. The molecule has 0 atom stereocenters. The van der Waals surface area contributed by atoms with Gasteiger partial charge in [0.25, 0.3) is 0 Å². The monoisotopic (exact) mass is 370 g/mol. The van der Waals surface area contributed by atoms with Crippen molar-refractivity contribution in [1.29, 1.82) is 0 Å². The first-order valence-electron chi connectivity index (χ1n) is 8.14. The largest absolute Gasteiger partial charge is 0.495 e. The molecule has 1 aromatic rings. The summed E-state index contributed by atoms with van der Waals surface area (Å²) in [7, 11) is 3.01. The predicted molar refractivity (Wildman–Crippen MR) is 94.5 cm³/mol. The van der Waals surface area contributed by atoms with Crippen LogP contribution in [0.15, 0.2) is 12.1 Å². The van der Waals surface area contributed by atoms with Gasteiger partial charge in [-0.05, 0) is 19.8 Å². The van der Waals surface area contributed by atoms with Gasteiger partial charge in [0.05, 0.1) is 31.5 Å². The lowest BCUT2D eigenvalue weighted by atomic mass is 9.96. The van der Waals surface area contributed by atoms with Gasteiger partial charge in [-0.2, -0.15) is 0 Å². The van der Waals surface area contributed by atoms with Crippen molar-refractivity contribution in [1.82, 2.24) is 4.90 Å². The van der Waals surface area contributed by atoms with E-state index in [0.717, 1.165) is 0 Å². The molecule has 138 valence electrons. The molecule has 1 aliphatic rings. The maximum atomic E-state index is 12.5. The van der Waals surface area contributed by atoms with E-state index in [2.05, 4.69) is 5.32 Å². The topological polar surface area (TPSA) is 77.1 Å². The number of nitrogens with zero attached hydrogens (tertiary/aromatic N) is 1. The molecular formula is C17H23ClN2O5. The van der Waals surface area contributed by atoms with Crippen LogP contribution in [-0.4, -0.2) is 50.8 Å². The Morgan fingerprint density at radius 2 is 1.84 bits per heavy atom. The van der Waals surface area contributed by atoms with Crippen LogP contribution in [0.2, 0.25) is 5.02 Å². The van der Waals surface area contributed by atoms with Gasteiger partial charge in [-0.1, -0.05) is 11.6 Å². The lowest BCUT2D eigenvalue weighted by Gasteiger charge is -2.30. The van der Waals surface area contributed by atoms with Crippen LogP contribution < -0.4 is 14.8 Å². The van der Waals surface area contributed by atoms with E-state index in [-0.39, 0.29) is 17.9 Å². The molecule has 8 heteroatoms. The van der Waals surface area contributed by atoms with Crippen molar-refractivity contribution < 1.29 is 23.8 Å². The average Bonchev–Trinajstić information content (AvgIpc) is 2.63. The summed E-state index contributed by atoms with van der Waals surface area (Å²) < 4.78 is 15.4. The molecule has 0 spiro atoms. The zero-order chi connectivity index (χ0) is 18.4. The molecule has 0 aliphatic carbocycles. The SMILES string of the molecule is CCOC(=O)N1CCC(C(=O)Nc2cc(OC)c(Cl)cc2OC)CC1. The number of anilines is 1. The Hall–Kier alpha value is -2.15. The second kappa shape index (κ2) is 8.80. The van der Waals surface area contributed by atoms with Crippen LogP contribution >= 0.6 is 11.6 Å². The number of ether oxygens (including phenoxy) is 3. The van der Waals surface area contributed by atoms with Crippen LogP contribution in [0.3, 0.4) is 0 Å². The number of rotatable bonds is 5. The van der Waals surface area contributed by atoms with Crippen LogP contribution in [0, 0.1) is 5.92 Å². The van der Waals surface area contributed by atoms with E-state index in [1.54, 1.807) is 24.0 Å². The molecule has 2 rings (SSSR count). The molecule has 1 aliphatic heterocycles. The van der Waals surface area contributed by atoms with Gasteiger partial charge in [0.1, 0.15) is 11.5 Å². The third kappa shape index (κ3) is 4.69. The van der Waals surface area contributed by atoms with E-state index in [9.17, 15) is 9.59 Å². The minimum absolute atomic E-state index is 0.119. The van der Waals surface area contributed by atoms with Gasteiger partial charge >= 0.3 is 6.09 Å². The minimum Gasteiger partial charge on any atom is -0.495 e. The molecule has 2 amide bonds. The third-order valence-electron chi connectivity index (χ3n) is 4.12. The van der Waals surface area contributed by atoms with E-state index in [4.69, 9.17) is 25.8 Å². The summed E-state index contributed by atoms with van der Waals surface area (Å²) >= 11 is 6.07. The first-order chi connectivity index (χ1) is 12.0. The first kappa shape index (κ1) is 19.2. The number of carbonyl (C=O) groups is 2. The Labute approximate surface area is 152 Å². The number of piperidine rings is 1. The van der Waals surface area contributed by atoms with Crippen LogP contribution in [-0.2, 0) is 9.53 Å². The van der Waals surface area contributed by atoms with Gasteiger partial charge < -0.3 is 24.4 Å². The van der Waals surface area contributed by atoms with Crippen molar-refractivity contribution in [3.63, 3.8) is 0 Å². The molecule has 0 saturated carbocycles. The number of benzene rings is 1. The zero-order valence-electron chi connectivity index (χ0n) is 14.6. The highest BCUT2D eigenvalue weighted by molar-refractivity contribution is 6.32. The summed E-state index contributed by atoms with van der Waals surface area (Å²) in [5.41, 5.74) is 0.501. The Balaban J connectivity index is 2.00. The van der Waals surface area contributed by atoms with E-state index in [1.165, 1.54) is 14.2 Å². The van der Waals surface area contributed by atoms with Crippen molar-refractivity contribution in [2.75, 3.05) is 39.2 Å². The second-order valence-electron chi connectivity index (χ2n) is 5.64. The normalized spacial score (nSPS) is 14.8. The van der Waals surface area contributed by atoms with E-state index in [0.29, 0.717) is 54.7 Å². The van der Waals surface area contributed by atoms with Gasteiger partial charge in [0.2, 0.25) is 5.91 Å². The lowest BCUT2D eigenvalue weighted by Crippen LogP contribution is -2.41. The summed E-state index contributed by atoms with van der Waals surface area (Å²) in [4.78, 5) is 25.9. The number of carbonyl (C=O) groups excluding carboxylic acids is 2. The molecule has 1 fully saturated rings. The van der Waals surface area contributed by atoms with Gasteiger partial charge in [-0.25, -0.2) is 4.79 Å². The number of halogens is 1. The van der Waals surface area contributed by atoms with Crippen LogP contribution in [0.25, 0.3) is 0 Å². The lowest BCUT2D eigenvalue weighted by molar-refractivity contribution is -0.121. The first-order valence-corrected chi connectivity index (χ1v) is 8.52. The van der Waals surface area contributed by atoms with Crippen molar-refractivity contribution >= 4 is 29.3 Å². The van der Waals surface area contributed by atoms with Gasteiger partial charge in [-0.3, -0.25) is 4.79 Å². The molecule has 0 bridgehead atoms. The van der Waals surface area contributed by atoms with Crippen molar-refractivity contribution in [3.8, 4) is 11.5 Å². The summed E-state index contributed by atoms with van der Waals surface area (Å²) in [6.45, 7) is 3.11. The Kier molecular flexibility index (Phi) is 6.75. The molecule has 7 nitrogen and oxygen atoms in total. The molecule has 0 unspecified atom stereocenters. The number of nitrogens with one attached hydrogen (secondary N) is 1. The van der Waals surface area contributed by atoms with Crippen molar-refractivity contribution in [2.24, 2.45) is 5.92 Å². The van der Waals surface area contributed by atoms with Crippen LogP contribution in [0.5, 0.6) is 11.5 Å². The summed E-state index contributed by atoms with van der Waals surface area (Å²) in [5, 5.41) is 3.27. The molecule has 1 saturated heterocycles. The third-order valence-corrected chi connectivity index (χ3v) is 4.42. The average molecular weight is 371 g/mol. The highest BCUT2D eigenvalue weighted by atomic mass is 35.5. The van der Waals surface area contributed by atoms with E-state index in [1.807, 2.05) is 0 Å². The van der Waals surface area contributed by atoms with Crippen LogP contribution in [0.1, 0.15) is 19.8 Å². The molecule has 1 heterocycles. The van der Waals surface area contributed by atoms with Gasteiger partial charge in [0, 0.05) is 31.1 Å². The summed E-state index contributed by atoms with van der Waals surface area (Å²) in [6.07, 6.45) is 0.834. The molecular weight excluding hydrogens is 348 g/mol. The van der Waals surface area contributed by atoms with Gasteiger partial charge in [0.15, 0.2) is 0 Å². The maximum Gasteiger partial charge on any atom is 0.409 e. The smallest absolute Gasteiger partial charge is 0.409 e. The summed E-state index contributed by atoms with van der Waals surface area (Å²) in [5.74, 6) is 0.612. The standard InChI is InChI=1S/C17H23ClN2O5/c1-4-25-17(22)20-7-5-11(6-8-20)16(21)19-13-10-14(23-2)12(18)9-15(13)24-3/h9-11H,4-8H2,1-3H3,(H,19,21). The maximum absolute atomic E-state index is 12.5. The number of hydrogen-bond donors (Lipinski definition) is 1. The highest BCUT2D eigenvalue weighted by Gasteiger charge is 2.28. The number of likely N-dealkylation sites (tertiary alicyclic amines) is 1. The Morgan fingerprint density at radius 1 is 1.20 bits per heavy atom. The second-order valence-corrected chi connectivity index (χ2v) is 6.04. The van der Waals surface area contributed by atoms with E-state index < -0.39 is 0 Å². The molecule has 0 aromatic heterocycles. The number of methoxy groups -OCH3 is 2. The fourth-order valence-electron chi connectivity index (χ4n) is 2.73.